The number of carbonyl (C=O) groups is 1. The van der Waals surface area contributed by atoms with Crippen molar-refractivity contribution in [3.8, 4) is 5.75 Å². The number of rotatable bonds is 2. The minimum atomic E-state index is -0.379. The van der Waals surface area contributed by atoms with Gasteiger partial charge in [0, 0.05) is 10.0 Å². The van der Waals surface area contributed by atoms with Crippen LogP contribution in [-0.2, 0) is 0 Å². The van der Waals surface area contributed by atoms with Gasteiger partial charge < -0.3 is 10.4 Å². The van der Waals surface area contributed by atoms with Gasteiger partial charge in [-0.05, 0) is 46.3 Å². The average molecular weight is 361 g/mol. The van der Waals surface area contributed by atoms with Gasteiger partial charge in [-0.2, -0.15) is 0 Å². The molecule has 19 heavy (non-hydrogen) atoms. The summed E-state index contributed by atoms with van der Waals surface area (Å²) < 4.78 is 0.648. The van der Waals surface area contributed by atoms with Crippen LogP contribution >= 0.6 is 39.1 Å². The number of amides is 1. The molecule has 0 heterocycles. The fourth-order valence-electron chi connectivity index (χ4n) is 1.46. The summed E-state index contributed by atoms with van der Waals surface area (Å²) in [5.41, 5.74) is 0.735. The van der Waals surface area contributed by atoms with Crippen LogP contribution in [0, 0.1) is 0 Å². The molecule has 0 radical (unpaired) electrons. The molecule has 0 saturated carbocycles. The molecular formula is C13H8BrCl2NO2. The van der Waals surface area contributed by atoms with Gasteiger partial charge in [0.2, 0.25) is 0 Å². The number of nitrogens with one attached hydrogen (secondary N) is 1. The Morgan fingerprint density at radius 2 is 1.89 bits per heavy atom. The van der Waals surface area contributed by atoms with Crippen molar-refractivity contribution in [3.63, 3.8) is 0 Å². The van der Waals surface area contributed by atoms with Gasteiger partial charge >= 0.3 is 0 Å². The molecule has 0 aliphatic carbocycles. The van der Waals surface area contributed by atoms with Crippen molar-refractivity contribution in [3.05, 3.63) is 56.5 Å². The second-order valence-electron chi connectivity index (χ2n) is 3.73. The molecular weight excluding hydrogens is 353 g/mol. The SMILES string of the molecule is O=C(Nc1ccc(Br)c(Cl)c1Cl)c1cccc(O)c1. The van der Waals surface area contributed by atoms with Gasteiger partial charge in [0.25, 0.3) is 5.91 Å². The van der Waals surface area contributed by atoms with Crippen molar-refractivity contribution in [2.45, 2.75) is 0 Å². The van der Waals surface area contributed by atoms with E-state index in [-0.39, 0.29) is 16.7 Å². The molecule has 2 N–H and O–H groups in total. The van der Waals surface area contributed by atoms with Crippen LogP contribution < -0.4 is 5.32 Å². The topological polar surface area (TPSA) is 49.3 Å². The molecule has 0 aromatic heterocycles. The van der Waals surface area contributed by atoms with E-state index < -0.39 is 0 Å². The summed E-state index contributed by atoms with van der Waals surface area (Å²) in [7, 11) is 0. The first-order valence-corrected chi connectivity index (χ1v) is 6.78. The Balaban J connectivity index is 2.27. The van der Waals surface area contributed by atoms with Crippen LogP contribution in [-0.4, -0.2) is 11.0 Å². The molecule has 0 aliphatic rings. The van der Waals surface area contributed by atoms with Crippen molar-refractivity contribution in [2.75, 3.05) is 5.32 Å². The summed E-state index contributed by atoms with van der Waals surface area (Å²) in [6, 6.07) is 9.35. The van der Waals surface area contributed by atoms with Crippen LogP contribution in [0.5, 0.6) is 5.75 Å². The maximum Gasteiger partial charge on any atom is 0.255 e. The third kappa shape index (κ3) is 3.21. The number of phenols is 1. The summed E-state index contributed by atoms with van der Waals surface area (Å²) in [6.07, 6.45) is 0. The monoisotopic (exact) mass is 359 g/mol. The van der Waals surface area contributed by atoms with Gasteiger partial charge in [-0.1, -0.05) is 29.3 Å². The molecule has 0 bridgehead atoms. The number of anilines is 1. The highest BCUT2D eigenvalue weighted by molar-refractivity contribution is 9.10. The fraction of sp³-hybridized carbons (Fsp3) is 0. The lowest BCUT2D eigenvalue weighted by Crippen LogP contribution is -2.12. The van der Waals surface area contributed by atoms with Gasteiger partial charge in [-0.25, -0.2) is 0 Å². The molecule has 0 unspecified atom stereocenters. The molecule has 1 amide bonds. The minimum absolute atomic E-state index is 0.0209. The largest absolute Gasteiger partial charge is 0.508 e. The van der Waals surface area contributed by atoms with Crippen molar-refractivity contribution in [2.24, 2.45) is 0 Å². The lowest BCUT2D eigenvalue weighted by molar-refractivity contribution is 0.102. The van der Waals surface area contributed by atoms with Crippen molar-refractivity contribution in [1.82, 2.24) is 0 Å². The highest BCUT2D eigenvalue weighted by Gasteiger charge is 2.12. The van der Waals surface area contributed by atoms with Crippen LogP contribution in [0.15, 0.2) is 40.9 Å². The minimum Gasteiger partial charge on any atom is -0.508 e. The molecule has 0 fully saturated rings. The molecule has 2 aromatic carbocycles. The average Bonchev–Trinajstić information content (AvgIpc) is 2.39. The number of hydrogen-bond acceptors (Lipinski definition) is 2. The normalized spacial score (nSPS) is 10.3. The van der Waals surface area contributed by atoms with E-state index in [1.54, 1.807) is 24.3 Å². The van der Waals surface area contributed by atoms with E-state index in [1.807, 2.05) is 0 Å². The smallest absolute Gasteiger partial charge is 0.255 e. The van der Waals surface area contributed by atoms with E-state index in [2.05, 4.69) is 21.2 Å². The maximum absolute atomic E-state index is 12.0. The van der Waals surface area contributed by atoms with Gasteiger partial charge in [0.1, 0.15) is 5.75 Å². The highest BCUT2D eigenvalue weighted by atomic mass is 79.9. The zero-order valence-electron chi connectivity index (χ0n) is 9.45. The molecule has 98 valence electrons. The Bertz CT molecular complexity index is 647. The Kier molecular flexibility index (Phi) is 4.34. The number of phenolic OH excluding ortho intramolecular Hbond substituents is 1. The van der Waals surface area contributed by atoms with Gasteiger partial charge in [0.15, 0.2) is 0 Å². The van der Waals surface area contributed by atoms with Gasteiger partial charge in [-0.3, -0.25) is 4.79 Å². The van der Waals surface area contributed by atoms with Crippen LogP contribution in [0.1, 0.15) is 10.4 Å². The number of carbonyl (C=O) groups excluding carboxylic acids is 1. The number of hydrogen-bond donors (Lipinski definition) is 2. The van der Waals surface area contributed by atoms with E-state index in [1.165, 1.54) is 12.1 Å². The summed E-state index contributed by atoms with van der Waals surface area (Å²) in [6.45, 7) is 0. The lowest BCUT2D eigenvalue weighted by Gasteiger charge is -2.09. The summed E-state index contributed by atoms with van der Waals surface area (Å²) in [4.78, 5) is 12.0. The third-order valence-corrected chi connectivity index (χ3v) is 4.16. The predicted octanol–water partition coefficient (Wildman–Crippen LogP) is 4.71. The molecule has 0 atom stereocenters. The predicted molar refractivity (Wildman–Crippen MR) is 80.2 cm³/mol. The molecule has 0 saturated heterocycles. The molecule has 2 rings (SSSR count). The first kappa shape index (κ1) is 14.2. The molecule has 0 aliphatic heterocycles. The summed E-state index contributed by atoms with van der Waals surface area (Å²) >= 11 is 15.2. The fourth-order valence-corrected chi connectivity index (χ4v) is 2.29. The van der Waals surface area contributed by atoms with E-state index in [9.17, 15) is 9.90 Å². The zero-order chi connectivity index (χ0) is 14.0. The van der Waals surface area contributed by atoms with Gasteiger partial charge in [0.05, 0.1) is 15.7 Å². The Morgan fingerprint density at radius 1 is 1.16 bits per heavy atom. The second kappa shape index (κ2) is 5.82. The summed E-state index contributed by atoms with van der Waals surface area (Å²) in [5.74, 6) is -0.358. The van der Waals surface area contributed by atoms with E-state index in [0.717, 1.165) is 0 Å². The second-order valence-corrected chi connectivity index (χ2v) is 5.34. The van der Waals surface area contributed by atoms with Crippen LogP contribution in [0.2, 0.25) is 10.0 Å². The number of aromatic hydroxyl groups is 1. The van der Waals surface area contributed by atoms with Crippen molar-refractivity contribution >= 4 is 50.7 Å². The first-order chi connectivity index (χ1) is 8.99. The third-order valence-electron chi connectivity index (χ3n) is 2.39. The van der Waals surface area contributed by atoms with Crippen LogP contribution in [0.3, 0.4) is 0 Å². The molecule has 6 heteroatoms. The number of benzene rings is 2. The highest BCUT2D eigenvalue weighted by Crippen LogP contribution is 2.36. The Hall–Kier alpha value is -1.23. The van der Waals surface area contributed by atoms with Gasteiger partial charge in [-0.15, -0.1) is 0 Å². The lowest BCUT2D eigenvalue weighted by atomic mass is 10.2. The molecule has 0 spiro atoms. The Morgan fingerprint density at radius 3 is 2.58 bits per heavy atom. The van der Waals surface area contributed by atoms with E-state index in [0.29, 0.717) is 20.7 Å². The standard InChI is InChI=1S/C13H8BrCl2NO2/c14-9-4-5-10(12(16)11(9)15)17-13(19)7-2-1-3-8(18)6-7/h1-6,18H,(H,17,19). The Labute approximate surface area is 128 Å². The molecule has 2 aromatic rings. The van der Waals surface area contributed by atoms with Crippen LogP contribution in [0.4, 0.5) is 5.69 Å². The first-order valence-electron chi connectivity index (χ1n) is 5.23. The summed E-state index contributed by atoms with van der Waals surface area (Å²) in [5, 5.41) is 12.5. The quantitative estimate of drug-likeness (QED) is 0.761. The maximum atomic E-state index is 12.0. The van der Waals surface area contributed by atoms with E-state index >= 15 is 0 Å². The van der Waals surface area contributed by atoms with Crippen molar-refractivity contribution in [1.29, 1.82) is 0 Å². The zero-order valence-corrected chi connectivity index (χ0v) is 12.6. The van der Waals surface area contributed by atoms with Crippen molar-refractivity contribution < 1.29 is 9.90 Å². The number of halogens is 3. The van der Waals surface area contributed by atoms with E-state index in [4.69, 9.17) is 23.2 Å². The van der Waals surface area contributed by atoms with Crippen LogP contribution in [0.25, 0.3) is 0 Å². The molecule has 3 nitrogen and oxygen atoms in total.